The lowest BCUT2D eigenvalue weighted by Gasteiger charge is -2.19. The number of amides is 2. The first-order valence-electron chi connectivity index (χ1n) is 8.74. The molecule has 5 heteroatoms. The highest BCUT2D eigenvalue weighted by Gasteiger charge is 2.23. The third-order valence-electron chi connectivity index (χ3n) is 4.57. The molecule has 3 N–H and O–H groups in total. The summed E-state index contributed by atoms with van der Waals surface area (Å²) in [7, 11) is 0. The van der Waals surface area contributed by atoms with Gasteiger partial charge in [0.05, 0.1) is 5.56 Å². The minimum atomic E-state index is -0.267. The molecule has 1 aliphatic rings. The Labute approximate surface area is 143 Å². The van der Waals surface area contributed by atoms with Gasteiger partial charge in [0.2, 0.25) is 5.91 Å². The third-order valence-corrected chi connectivity index (χ3v) is 4.57. The van der Waals surface area contributed by atoms with Gasteiger partial charge in [0, 0.05) is 19.0 Å². The lowest BCUT2D eigenvalue weighted by Crippen LogP contribution is -2.35. The van der Waals surface area contributed by atoms with Crippen molar-refractivity contribution in [3.05, 3.63) is 28.8 Å². The van der Waals surface area contributed by atoms with Crippen molar-refractivity contribution in [3.63, 3.8) is 0 Å². The van der Waals surface area contributed by atoms with E-state index in [2.05, 4.69) is 24.5 Å². The van der Waals surface area contributed by atoms with Crippen LogP contribution in [0.3, 0.4) is 0 Å². The van der Waals surface area contributed by atoms with Crippen LogP contribution in [0.4, 0.5) is 0 Å². The number of rotatable bonds is 4. The number of hydrogen-bond donors (Lipinski definition) is 3. The van der Waals surface area contributed by atoms with Gasteiger partial charge in [-0.25, -0.2) is 0 Å². The lowest BCUT2D eigenvalue weighted by molar-refractivity contribution is -0.120. The van der Waals surface area contributed by atoms with Crippen molar-refractivity contribution in [1.29, 1.82) is 0 Å². The van der Waals surface area contributed by atoms with E-state index in [1.54, 1.807) is 6.07 Å². The molecule has 1 aliphatic heterocycles. The number of carbonyl (C=O) groups is 2. The van der Waals surface area contributed by atoms with Gasteiger partial charge in [-0.05, 0) is 41.9 Å². The molecule has 1 aromatic rings. The fourth-order valence-electron chi connectivity index (χ4n) is 2.96. The van der Waals surface area contributed by atoms with E-state index < -0.39 is 0 Å². The molecule has 1 fully saturated rings. The first kappa shape index (κ1) is 18.3. The van der Waals surface area contributed by atoms with Gasteiger partial charge in [-0.1, -0.05) is 33.8 Å². The Morgan fingerprint density at radius 3 is 2.54 bits per heavy atom. The molecule has 1 unspecified atom stereocenters. The second-order valence-electron chi connectivity index (χ2n) is 7.16. The van der Waals surface area contributed by atoms with E-state index in [0.717, 1.165) is 11.1 Å². The maximum atomic E-state index is 12.7. The van der Waals surface area contributed by atoms with Gasteiger partial charge in [0.1, 0.15) is 5.75 Å². The Balaban J connectivity index is 2.26. The SMILES string of the molecule is CC(C)c1cc(C(=O)NC2CCNC(=O)CC2)c(O)c(C(C)C)c1. The average molecular weight is 332 g/mol. The molecule has 0 spiro atoms. The van der Waals surface area contributed by atoms with Gasteiger partial charge in [-0.3, -0.25) is 9.59 Å². The van der Waals surface area contributed by atoms with E-state index in [-0.39, 0.29) is 35.4 Å². The summed E-state index contributed by atoms with van der Waals surface area (Å²) >= 11 is 0. The number of benzene rings is 1. The van der Waals surface area contributed by atoms with E-state index in [0.29, 0.717) is 31.4 Å². The molecule has 1 heterocycles. The van der Waals surface area contributed by atoms with Gasteiger partial charge >= 0.3 is 0 Å². The minimum absolute atomic E-state index is 0.0264. The zero-order valence-electron chi connectivity index (χ0n) is 15.0. The van der Waals surface area contributed by atoms with Gasteiger partial charge in [-0.15, -0.1) is 0 Å². The zero-order valence-corrected chi connectivity index (χ0v) is 15.0. The summed E-state index contributed by atoms with van der Waals surface area (Å²) in [6.45, 7) is 8.72. The van der Waals surface area contributed by atoms with Gasteiger partial charge < -0.3 is 15.7 Å². The normalized spacial score (nSPS) is 18.4. The van der Waals surface area contributed by atoms with Crippen LogP contribution in [0.15, 0.2) is 12.1 Å². The Morgan fingerprint density at radius 2 is 1.92 bits per heavy atom. The summed E-state index contributed by atoms with van der Waals surface area (Å²) < 4.78 is 0. The van der Waals surface area contributed by atoms with Gasteiger partial charge in [0.25, 0.3) is 5.91 Å². The summed E-state index contributed by atoms with van der Waals surface area (Å²) in [4.78, 5) is 24.1. The van der Waals surface area contributed by atoms with Crippen LogP contribution in [0.1, 0.15) is 80.3 Å². The number of carbonyl (C=O) groups excluding carboxylic acids is 2. The Bertz CT molecular complexity index is 623. The third kappa shape index (κ3) is 4.28. The van der Waals surface area contributed by atoms with Crippen LogP contribution in [0.2, 0.25) is 0 Å². The number of aromatic hydroxyl groups is 1. The van der Waals surface area contributed by atoms with E-state index in [1.165, 1.54) is 0 Å². The van der Waals surface area contributed by atoms with Crippen molar-refractivity contribution in [3.8, 4) is 5.75 Å². The topological polar surface area (TPSA) is 78.4 Å². The number of nitrogens with one attached hydrogen (secondary N) is 2. The van der Waals surface area contributed by atoms with Gasteiger partial charge in [-0.2, -0.15) is 0 Å². The van der Waals surface area contributed by atoms with Crippen LogP contribution in [-0.4, -0.2) is 29.5 Å². The first-order chi connectivity index (χ1) is 11.3. The predicted molar refractivity (Wildman–Crippen MR) is 94.4 cm³/mol. The van der Waals surface area contributed by atoms with Crippen molar-refractivity contribution < 1.29 is 14.7 Å². The van der Waals surface area contributed by atoms with Crippen molar-refractivity contribution >= 4 is 11.8 Å². The predicted octanol–water partition coefficient (Wildman–Crippen LogP) is 3.04. The molecule has 0 bridgehead atoms. The van der Waals surface area contributed by atoms with Crippen LogP contribution in [0, 0.1) is 0 Å². The van der Waals surface area contributed by atoms with Crippen LogP contribution in [0.25, 0.3) is 0 Å². The first-order valence-corrected chi connectivity index (χ1v) is 8.74. The van der Waals surface area contributed by atoms with Crippen LogP contribution >= 0.6 is 0 Å². The van der Waals surface area contributed by atoms with Crippen LogP contribution in [0.5, 0.6) is 5.75 Å². The number of phenols is 1. The Hall–Kier alpha value is -2.04. The Morgan fingerprint density at radius 1 is 1.21 bits per heavy atom. The smallest absolute Gasteiger partial charge is 0.255 e. The molecule has 1 aromatic carbocycles. The molecule has 24 heavy (non-hydrogen) atoms. The summed E-state index contributed by atoms with van der Waals surface area (Å²) in [5.74, 6) is 0.230. The van der Waals surface area contributed by atoms with Crippen molar-refractivity contribution in [1.82, 2.24) is 10.6 Å². The monoisotopic (exact) mass is 332 g/mol. The molecular weight excluding hydrogens is 304 g/mol. The molecule has 0 radical (unpaired) electrons. The highest BCUT2D eigenvalue weighted by Crippen LogP contribution is 2.33. The molecular formula is C19H28N2O3. The second-order valence-corrected chi connectivity index (χ2v) is 7.16. The molecule has 0 aromatic heterocycles. The Kier molecular flexibility index (Phi) is 5.86. The van der Waals surface area contributed by atoms with Crippen LogP contribution in [-0.2, 0) is 4.79 Å². The lowest BCUT2D eigenvalue weighted by atomic mass is 9.91. The van der Waals surface area contributed by atoms with Crippen molar-refractivity contribution in [2.75, 3.05) is 6.54 Å². The molecule has 132 valence electrons. The fourth-order valence-corrected chi connectivity index (χ4v) is 2.96. The minimum Gasteiger partial charge on any atom is -0.507 e. The van der Waals surface area contributed by atoms with Crippen LogP contribution < -0.4 is 10.6 Å². The van der Waals surface area contributed by atoms with Crippen molar-refractivity contribution in [2.24, 2.45) is 0 Å². The average Bonchev–Trinajstić information content (AvgIpc) is 2.71. The number of phenolic OH excluding ortho intramolecular Hbond substituents is 1. The molecule has 1 atom stereocenters. The highest BCUT2D eigenvalue weighted by atomic mass is 16.3. The largest absolute Gasteiger partial charge is 0.507 e. The zero-order chi connectivity index (χ0) is 17.9. The molecule has 5 nitrogen and oxygen atoms in total. The van der Waals surface area contributed by atoms with Gasteiger partial charge in [0.15, 0.2) is 0 Å². The molecule has 0 saturated carbocycles. The fraction of sp³-hybridized carbons (Fsp3) is 0.579. The second kappa shape index (κ2) is 7.69. The summed E-state index contributed by atoms with van der Waals surface area (Å²) in [5, 5.41) is 16.3. The summed E-state index contributed by atoms with van der Waals surface area (Å²) in [6, 6.07) is 3.71. The van der Waals surface area contributed by atoms with E-state index in [1.807, 2.05) is 19.9 Å². The number of hydrogen-bond acceptors (Lipinski definition) is 3. The standard InChI is InChI=1S/C19H28N2O3/c1-11(2)13-9-15(12(3)4)18(23)16(10-13)19(24)21-14-5-6-17(22)20-8-7-14/h9-12,14,23H,5-8H2,1-4H3,(H,20,22)(H,21,24). The molecule has 2 rings (SSSR count). The van der Waals surface area contributed by atoms with E-state index in [4.69, 9.17) is 0 Å². The molecule has 1 saturated heterocycles. The maximum Gasteiger partial charge on any atom is 0.255 e. The van der Waals surface area contributed by atoms with E-state index in [9.17, 15) is 14.7 Å². The molecule has 0 aliphatic carbocycles. The summed E-state index contributed by atoms with van der Waals surface area (Å²) in [5.41, 5.74) is 2.16. The summed E-state index contributed by atoms with van der Waals surface area (Å²) in [6.07, 6.45) is 1.75. The highest BCUT2D eigenvalue weighted by molar-refractivity contribution is 5.97. The van der Waals surface area contributed by atoms with Crippen molar-refractivity contribution in [2.45, 2.75) is 64.8 Å². The van der Waals surface area contributed by atoms with E-state index >= 15 is 0 Å². The maximum absolute atomic E-state index is 12.7. The molecule has 2 amide bonds. The quantitative estimate of drug-likeness (QED) is 0.793.